The predicted octanol–water partition coefficient (Wildman–Crippen LogP) is 2.45. The molecule has 0 bridgehead atoms. The van der Waals surface area contributed by atoms with E-state index in [1.54, 1.807) is 26.4 Å². The molecule has 0 aliphatic heterocycles. The molecule has 0 saturated heterocycles. The smallest absolute Gasteiger partial charge is 0.307 e. The molecular weight excluding hydrogens is 337 g/mol. The second-order valence-electron chi connectivity index (χ2n) is 3.62. The van der Waals surface area contributed by atoms with Crippen molar-refractivity contribution in [2.45, 2.75) is 12.5 Å². The highest BCUT2D eigenvalue weighted by atomic mass is 79.9. The first kappa shape index (κ1) is 18.0. The minimum atomic E-state index is -0.505. The van der Waals surface area contributed by atoms with E-state index < -0.39 is 6.04 Å². The molecule has 1 atom stereocenters. The van der Waals surface area contributed by atoms with Gasteiger partial charge in [0.15, 0.2) is 0 Å². The van der Waals surface area contributed by atoms with Crippen molar-refractivity contribution >= 4 is 34.3 Å². The highest BCUT2D eigenvalue weighted by Crippen LogP contribution is 2.36. The van der Waals surface area contributed by atoms with Crippen molar-refractivity contribution in [1.82, 2.24) is 0 Å². The number of nitrogens with two attached hydrogens (primary N) is 1. The number of rotatable bonds is 5. The Hall–Kier alpha value is -0.980. The summed E-state index contributed by atoms with van der Waals surface area (Å²) in [6.45, 7) is 0. The van der Waals surface area contributed by atoms with E-state index in [2.05, 4.69) is 20.7 Å². The van der Waals surface area contributed by atoms with Gasteiger partial charge in [0.05, 0.1) is 32.2 Å². The van der Waals surface area contributed by atoms with Gasteiger partial charge >= 0.3 is 5.97 Å². The Kier molecular flexibility index (Phi) is 7.82. The monoisotopic (exact) mass is 353 g/mol. The van der Waals surface area contributed by atoms with Crippen molar-refractivity contribution in [2.24, 2.45) is 5.73 Å². The Bertz CT molecular complexity index is 442. The number of carbonyl (C=O) groups is 1. The predicted molar refractivity (Wildman–Crippen MR) is 78.1 cm³/mol. The maximum Gasteiger partial charge on any atom is 0.307 e. The second-order valence-corrected chi connectivity index (χ2v) is 4.47. The Morgan fingerprint density at radius 3 is 2.32 bits per heavy atom. The topological polar surface area (TPSA) is 70.8 Å². The van der Waals surface area contributed by atoms with Crippen molar-refractivity contribution < 1.29 is 19.0 Å². The van der Waals surface area contributed by atoms with Gasteiger partial charge in [0.25, 0.3) is 0 Å². The Labute approximate surface area is 126 Å². The zero-order valence-electron chi connectivity index (χ0n) is 10.9. The maximum atomic E-state index is 11.2. The molecule has 7 heteroatoms. The molecule has 0 unspecified atom stereocenters. The van der Waals surface area contributed by atoms with E-state index in [-0.39, 0.29) is 24.8 Å². The first-order valence-corrected chi connectivity index (χ1v) is 6.06. The fourth-order valence-corrected chi connectivity index (χ4v) is 2.03. The molecule has 0 radical (unpaired) electrons. The standard InChI is InChI=1S/C12H16BrNO4.ClH/c1-16-10-5-8(13)11(17-2)4-7(10)9(14)6-12(15)18-3;/h4-5,9H,6,14H2,1-3H3;1H/t9-;/m1./s1. The lowest BCUT2D eigenvalue weighted by atomic mass is 10.0. The van der Waals surface area contributed by atoms with E-state index in [4.69, 9.17) is 15.2 Å². The van der Waals surface area contributed by atoms with Crippen molar-refractivity contribution in [1.29, 1.82) is 0 Å². The Morgan fingerprint density at radius 2 is 1.84 bits per heavy atom. The third kappa shape index (κ3) is 4.56. The van der Waals surface area contributed by atoms with Crippen LogP contribution in [-0.4, -0.2) is 27.3 Å². The van der Waals surface area contributed by atoms with Crippen LogP contribution in [0.1, 0.15) is 18.0 Å². The number of ether oxygens (including phenoxy) is 3. The van der Waals surface area contributed by atoms with Crippen molar-refractivity contribution in [2.75, 3.05) is 21.3 Å². The van der Waals surface area contributed by atoms with Crippen LogP contribution in [0.25, 0.3) is 0 Å². The average Bonchev–Trinajstić information content (AvgIpc) is 2.37. The number of carbonyl (C=O) groups excluding carboxylic acids is 1. The molecule has 0 aliphatic carbocycles. The van der Waals surface area contributed by atoms with Crippen LogP contribution in [0.15, 0.2) is 16.6 Å². The Balaban J connectivity index is 0.00000324. The number of hydrogen-bond donors (Lipinski definition) is 1. The molecule has 0 saturated carbocycles. The van der Waals surface area contributed by atoms with Crippen LogP contribution in [0, 0.1) is 0 Å². The highest BCUT2D eigenvalue weighted by Gasteiger charge is 2.18. The SMILES string of the molecule is COC(=O)C[C@@H](N)c1cc(OC)c(Br)cc1OC.Cl. The van der Waals surface area contributed by atoms with Gasteiger partial charge < -0.3 is 19.9 Å². The summed E-state index contributed by atoms with van der Waals surface area (Å²) >= 11 is 3.36. The van der Waals surface area contributed by atoms with Crippen LogP contribution in [0.3, 0.4) is 0 Å². The van der Waals surface area contributed by atoms with Gasteiger partial charge in [-0.2, -0.15) is 0 Å². The minimum absolute atomic E-state index is 0. The summed E-state index contributed by atoms with van der Waals surface area (Å²) in [5, 5.41) is 0. The summed E-state index contributed by atoms with van der Waals surface area (Å²) in [7, 11) is 4.43. The minimum Gasteiger partial charge on any atom is -0.496 e. The van der Waals surface area contributed by atoms with Gasteiger partial charge in [0.2, 0.25) is 0 Å². The Morgan fingerprint density at radius 1 is 1.26 bits per heavy atom. The largest absolute Gasteiger partial charge is 0.496 e. The van der Waals surface area contributed by atoms with Gasteiger partial charge in [0.1, 0.15) is 11.5 Å². The van der Waals surface area contributed by atoms with Gasteiger partial charge in [-0.3, -0.25) is 4.79 Å². The molecule has 5 nitrogen and oxygen atoms in total. The third-order valence-corrected chi connectivity index (χ3v) is 3.14. The van der Waals surface area contributed by atoms with E-state index in [9.17, 15) is 4.79 Å². The summed E-state index contributed by atoms with van der Waals surface area (Å²) in [5.41, 5.74) is 6.67. The zero-order valence-corrected chi connectivity index (χ0v) is 13.3. The number of hydrogen-bond acceptors (Lipinski definition) is 5. The fourth-order valence-electron chi connectivity index (χ4n) is 1.55. The lowest BCUT2D eigenvalue weighted by molar-refractivity contribution is -0.141. The number of methoxy groups -OCH3 is 3. The van der Waals surface area contributed by atoms with Crippen molar-refractivity contribution in [3.8, 4) is 11.5 Å². The van der Waals surface area contributed by atoms with Crippen molar-refractivity contribution in [3.63, 3.8) is 0 Å². The summed E-state index contributed by atoms with van der Waals surface area (Å²) in [5.74, 6) is 0.858. The third-order valence-electron chi connectivity index (χ3n) is 2.52. The first-order chi connectivity index (χ1) is 8.53. The molecule has 1 aromatic rings. The molecule has 0 spiro atoms. The molecular formula is C12H17BrClNO4. The molecule has 1 aromatic carbocycles. The normalized spacial score (nSPS) is 11.2. The summed E-state index contributed by atoms with van der Waals surface area (Å²) in [6.07, 6.45) is 0.0810. The van der Waals surface area contributed by atoms with Gasteiger partial charge in [-0.15, -0.1) is 12.4 Å². The van der Waals surface area contributed by atoms with Gasteiger partial charge in [-0.05, 0) is 28.1 Å². The van der Waals surface area contributed by atoms with E-state index in [0.29, 0.717) is 17.1 Å². The number of esters is 1. The molecule has 108 valence electrons. The van der Waals surface area contributed by atoms with Crippen LogP contribution in [0.2, 0.25) is 0 Å². The summed E-state index contributed by atoms with van der Waals surface area (Å²) in [4.78, 5) is 11.2. The van der Waals surface area contributed by atoms with Gasteiger partial charge in [0, 0.05) is 11.6 Å². The number of halogens is 2. The van der Waals surface area contributed by atoms with Crippen LogP contribution in [0.4, 0.5) is 0 Å². The molecule has 0 aliphatic rings. The lowest BCUT2D eigenvalue weighted by Gasteiger charge is -2.17. The van der Waals surface area contributed by atoms with E-state index in [0.717, 1.165) is 4.47 Å². The molecule has 19 heavy (non-hydrogen) atoms. The molecule has 0 amide bonds. The molecule has 0 aromatic heterocycles. The summed E-state index contributed by atoms with van der Waals surface area (Å²) in [6, 6.07) is 3.00. The molecule has 1 rings (SSSR count). The van der Waals surface area contributed by atoms with Crippen LogP contribution >= 0.6 is 28.3 Å². The fraction of sp³-hybridized carbons (Fsp3) is 0.417. The van der Waals surface area contributed by atoms with Crippen LogP contribution in [0.5, 0.6) is 11.5 Å². The first-order valence-electron chi connectivity index (χ1n) is 5.27. The highest BCUT2D eigenvalue weighted by molar-refractivity contribution is 9.10. The molecule has 2 N–H and O–H groups in total. The zero-order chi connectivity index (χ0) is 13.7. The lowest BCUT2D eigenvalue weighted by Crippen LogP contribution is -2.17. The van der Waals surface area contributed by atoms with Crippen molar-refractivity contribution in [3.05, 3.63) is 22.2 Å². The number of benzene rings is 1. The van der Waals surface area contributed by atoms with E-state index in [1.807, 2.05) is 0 Å². The molecule has 0 heterocycles. The van der Waals surface area contributed by atoms with Crippen LogP contribution in [-0.2, 0) is 9.53 Å². The average molecular weight is 355 g/mol. The quantitative estimate of drug-likeness (QED) is 0.822. The summed E-state index contributed by atoms with van der Waals surface area (Å²) < 4.78 is 15.8. The second kappa shape index (κ2) is 8.24. The van der Waals surface area contributed by atoms with E-state index in [1.165, 1.54) is 7.11 Å². The van der Waals surface area contributed by atoms with Gasteiger partial charge in [-0.25, -0.2) is 0 Å². The van der Waals surface area contributed by atoms with E-state index >= 15 is 0 Å². The van der Waals surface area contributed by atoms with Crippen LogP contribution < -0.4 is 15.2 Å². The maximum absolute atomic E-state index is 11.2. The van der Waals surface area contributed by atoms with Gasteiger partial charge in [-0.1, -0.05) is 0 Å². The molecule has 0 fully saturated rings.